The largest absolute Gasteiger partial charge is 0.368 e. The van der Waals surface area contributed by atoms with Gasteiger partial charge >= 0.3 is 0 Å². The lowest BCUT2D eigenvalue weighted by atomic mass is 10.1. The molecular formula is C18H25IN6O2. The van der Waals surface area contributed by atoms with E-state index in [-0.39, 0.29) is 36.4 Å². The fourth-order valence-electron chi connectivity index (χ4n) is 2.27. The van der Waals surface area contributed by atoms with E-state index in [9.17, 15) is 9.59 Å². The summed E-state index contributed by atoms with van der Waals surface area (Å²) in [7, 11) is 1.72. The molecule has 0 aliphatic carbocycles. The number of nitrogens with two attached hydrogens (primary N) is 1. The minimum atomic E-state index is -0.574. The van der Waals surface area contributed by atoms with Crippen LogP contribution in [-0.4, -0.2) is 42.5 Å². The highest BCUT2D eigenvalue weighted by molar-refractivity contribution is 14.0. The van der Waals surface area contributed by atoms with Crippen LogP contribution >= 0.6 is 24.0 Å². The second-order valence-corrected chi connectivity index (χ2v) is 5.62. The first-order valence-electron chi connectivity index (χ1n) is 8.29. The maximum atomic E-state index is 11.8. The van der Waals surface area contributed by atoms with Gasteiger partial charge in [0.2, 0.25) is 5.91 Å². The minimum absolute atomic E-state index is 0. The van der Waals surface area contributed by atoms with Crippen molar-refractivity contribution in [3.63, 3.8) is 0 Å². The molecule has 9 heteroatoms. The van der Waals surface area contributed by atoms with Crippen LogP contribution in [0.3, 0.4) is 0 Å². The van der Waals surface area contributed by atoms with E-state index < -0.39 is 5.91 Å². The topological polar surface area (TPSA) is 114 Å². The van der Waals surface area contributed by atoms with Crippen molar-refractivity contribution in [2.75, 3.05) is 20.1 Å². The summed E-state index contributed by atoms with van der Waals surface area (Å²) in [4.78, 5) is 26.7. The van der Waals surface area contributed by atoms with Crippen LogP contribution < -0.4 is 21.7 Å². The Labute approximate surface area is 175 Å². The number of amides is 2. The maximum Gasteiger partial charge on any atom is 0.251 e. The van der Waals surface area contributed by atoms with Gasteiger partial charge in [-0.25, -0.2) is 0 Å². The number of aliphatic imine (C=N–C) groups is 1. The first kappa shape index (κ1) is 22.5. The van der Waals surface area contributed by atoms with Gasteiger partial charge in [-0.2, -0.15) is 0 Å². The Balaban J connectivity index is 0.00000364. The van der Waals surface area contributed by atoms with Gasteiger partial charge in [-0.3, -0.25) is 14.6 Å². The van der Waals surface area contributed by atoms with E-state index in [4.69, 9.17) is 5.73 Å². The van der Waals surface area contributed by atoms with Crippen LogP contribution in [0.15, 0.2) is 53.8 Å². The Morgan fingerprint density at radius 2 is 1.74 bits per heavy atom. The molecule has 0 saturated carbocycles. The molecule has 0 radical (unpaired) electrons. The van der Waals surface area contributed by atoms with Gasteiger partial charge in [0.05, 0.1) is 6.54 Å². The van der Waals surface area contributed by atoms with E-state index in [1.54, 1.807) is 19.2 Å². The first-order chi connectivity index (χ1) is 12.6. The summed E-state index contributed by atoms with van der Waals surface area (Å²) in [5, 5.41) is 8.92. The molecule has 0 spiro atoms. The molecule has 0 aliphatic rings. The summed E-state index contributed by atoms with van der Waals surface area (Å²) in [6, 6.07) is 11.1. The molecule has 0 atom stereocenters. The average Bonchev–Trinajstić information content (AvgIpc) is 3.16. The number of primary amides is 1. The molecule has 0 unspecified atom stereocenters. The van der Waals surface area contributed by atoms with Crippen molar-refractivity contribution >= 4 is 41.8 Å². The van der Waals surface area contributed by atoms with E-state index in [0.29, 0.717) is 18.1 Å². The first-order valence-corrected chi connectivity index (χ1v) is 8.29. The zero-order valence-electron chi connectivity index (χ0n) is 15.1. The number of benzene rings is 1. The number of carbonyl (C=O) groups is 2. The standard InChI is InChI=1S/C18H24N6O2.HI/c1-20-18(21-8-11-24-9-2-3-10-24)23-12-14-4-6-15(7-5-14)17(26)22-13-16(19)25;/h2-7,9-10H,8,11-13H2,1H3,(H2,19,25)(H,22,26)(H2,20,21,23);1H. The molecule has 146 valence electrons. The summed E-state index contributed by atoms with van der Waals surface area (Å²) in [6.07, 6.45) is 4.03. The summed E-state index contributed by atoms with van der Waals surface area (Å²) in [5.74, 6) is -0.193. The Morgan fingerprint density at radius 1 is 1.07 bits per heavy atom. The van der Waals surface area contributed by atoms with E-state index in [2.05, 4.69) is 25.5 Å². The summed E-state index contributed by atoms with van der Waals surface area (Å²) in [5.41, 5.74) is 6.49. The minimum Gasteiger partial charge on any atom is -0.368 e. The molecule has 2 amide bonds. The molecule has 1 heterocycles. The molecule has 2 aromatic rings. The molecule has 27 heavy (non-hydrogen) atoms. The quantitative estimate of drug-likeness (QED) is 0.251. The van der Waals surface area contributed by atoms with E-state index in [1.165, 1.54) is 0 Å². The molecule has 1 aromatic carbocycles. The molecule has 5 N–H and O–H groups in total. The van der Waals surface area contributed by atoms with Crippen molar-refractivity contribution in [2.24, 2.45) is 10.7 Å². The molecule has 2 rings (SSSR count). The number of hydrogen-bond donors (Lipinski definition) is 4. The summed E-state index contributed by atoms with van der Waals surface area (Å²) < 4.78 is 2.09. The molecule has 0 bridgehead atoms. The van der Waals surface area contributed by atoms with Crippen molar-refractivity contribution in [1.82, 2.24) is 20.5 Å². The van der Waals surface area contributed by atoms with E-state index >= 15 is 0 Å². The number of aromatic nitrogens is 1. The van der Waals surface area contributed by atoms with E-state index in [1.807, 2.05) is 36.7 Å². The SMILES string of the molecule is CN=C(NCCn1cccc1)NCc1ccc(C(=O)NCC(N)=O)cc1.I. The van der Waals surface area contributed by atoms with Gasteiger partial charge in [0.15, 0.2) is 5.96 Å². The van der Waals surface area contributed by atoms with Gasteiger partial charge in [-0.05, 0) is 29.8 Å². The van der Waals surface area contributed by atoms with Gasteiger partial charge in [0, 0.05) is 44.6 Å². The van der Waals surface area contributed by atoms with Crippen molar-refractivity contribution < 1.29 is 9.59 Å². The molecular weight excluding hydrogens is 459 g/mol. The number of rotatable bonds is 8. The van der Waals surface area contributed by atoms with Gasteiger partial charge < -0.3 is 26.3 Å². The van der Waals surface area contributed by atoms with Crippen molar-refractivity contribution in [3.8, 4) is 0 Å². The second-order valence-electron chi connectivity index (χ2n) is 5.62. The molecule has 0 fully saturated rings. The van der Waals surface area contributed by atoms with Gasteiger partial charge in [0.1, 0.15) is 0 Å². The molecule has 0 saturated heterocycles. The monoisotopic (exact) mass is 484 g/mol. The van der Waals surface area contributed by atoms with Crippen LogP contribution in [0, 0.1) is 0 Å². The smallest absolute Gasteiger partial charge is 0.251 e. The molecule has 1 aromatic heterocycles. The van der Waals surface area contributed by atoms with Crippen molar-refractivity contribution in [2.45, 2.75) is 13.1 Å². The number of guanidine groups is 1. The third-order valence-corrected chi connectivity index (χ3v) is 3.65. The van der Waals surface area contributed by atoms with Gasteiger partial charge in [-0.15, -0.1) is 24.0 Å². The van der Waals surface area contributed by atoms with Crippen LogP contribution in [0.4, 0.5) is 0 Å². The Hall–Kier alpha value is -2.56. The number of hydrogen-bond acceptors (Lipinski definition) is 3. The number of nitrogens with zero attached hydrogens (tertiary/aromatic N) is 2. The average molecular weight is 484 g/mol. The Bertz CT molecular complexity index is 744. The highest BCUT2D eigenvalue weighted by atomic mass is 127. The normalized spacial score (nSPS) is 10.6. The third-order valence-electron chi connectivity index (χ3n) is 3.65. The van der Waals surface area contributed by atoms with Crippen molar-refractivity contribution in [3.05, 3.63) is 59.9 Å². The molecule has 0 aliphatic heterocycles. The van der Waals surface area contributed by atoms with Gasteiger partial charge in [0.25, 0.3) is 5.91 Å². The van der Waals surface area contributed by atoms with Crippen LogP contribution in [0.1, 0.15) is 15.9 Å². The zero-order chi connectivity index (χ0) is 18.8. The van der Waals surface area contributed by atoms with Gasteiger partial charge in [-0.1, -0.05) is 12.1 Å². The van der Waals surface area contributed by atoms with Crippen LogP contribution in [-0.2, 0) is 17.9 Å². The van der Waals surface area contributed by atoms with E-state index in [0.717, 1.165) is 18.7 Å². The summed E-state index contributed by atoms with van der Waals surface area (Å²) >= 11 is 0. The predicted molar refractivity (Wildman–Crippen MR) is 116 cm³/mol. The fraction of sp³-hybridized carbons (Fsp3) is 0.278. The van der Waals surface area contributed by atoms with Crippen LogP contribution in [0.5, 0.6) is 0 Å². The van der Waals surface area contributed by atoms with Crippen LogP contribution in [0.2, 0.25) is 0 Å². The van der Waals surface area contributed by atoms with Crippen molar-refractivity contribution in [1.29, 1.82) is 0 Å². The lowest BCUT2D eigenvalue weighted by Crippen LogP contribution is -2.38. The number of halogens is 1. The highest BCUT2D eigenvalue weighted by Gasteiger charge is 2.06. The fourth-order valence-corrected chi connectivity index (χ4v) is 2.27. The lowest BCUT2D eigenvalue weighted by molar-refractivity contribution is -0.117. The number of nitrogens with one attached hydrogen (secondary N) is 3. The predicted octanol–water partition coefficient (Wildman–Crippen LogP) is 0.686. The second kappa shape index (κ2) is 11.9. The highest BCUT2D eigenvalue weighted by Crippen LogP contribution is 2.04. The lowest BCUT2D eigenvalue weighted by Gasteiger charge is -2.12. The van der Waals surface area contributed by atoms with Crippen LogP contribution in [0.25, 0.3) is 0 Å². The molecule has 8 nitrogen and oxygen atoms in total. The maximum absolute atomic E-state index is 11.8. The Morgan fingerprint density at radius 3 is 2.33 bits per heavy atom. The summed E-state index contributed by atoms with van der Waals surface area (Å²) in [6.45, 7) is 2.01. The Kier molecular flexibility index (Phi) is 9.94. The zero-order valence-corrected chi connectivity index (χ0v) is 17.5. The third kappa shape index (κ3) is 8.11. The number of carbonyl (C=O) groups excluding carboxylic acids is 2.